The van der Waals surface area contributed by atoms with E-state index < -0.39 is 10.0 Å². The molecule has 0 aliphatic heterocycles. The molecule has 0 fully saturated rings. The molecular weight excluding hydrogens is 314 g/mol. The van der Waals surface area contributed by atoms with Crippen molar-refractivity contribution in [3.05, 3.63) is 58.5 Å². The monoisotopic (exact) mass is 329 g/mol. The van der Waals surface area contributed by atoms with Gasteiger partial charge in [-0.3, -0.25) is 4.72 Å². The summed E-state index contributed by atoms with van der Waals surface area (Å²) in [5.41, 5.74) is 3.27. The third kappa shape index (κ3) is 2.12. The van der Waals surface area contributed by atoms with Gasteiger partial charge in [-0.25, -0.2) is 8.42 Å². The van der Waals surface area contributed by atoms with Crippen molar-refractivity contribution >= 4 is 37.8 Å². The van der Waals surface area contributed by atoms with E-state index in [0.29, 0.717) is 9.90 Å². The molecule has 1 heterocycles. The van der Waals surface area contributed by atoms with E-state index in [2.05, 4.69) is 10.8 Å². The van der Waals surface area contributed by atoms with Gasteiger partial charge in [0.05, 0.1) is 5.69 Å². The van der Waals surface area contributed by atoms with Crippen LogP contribution < -0.4 is 4.72 Å². The summed E-state index contributed by atoms with van der Waals surface area (Å²) in [6.45, 7) is 1.91. The fourth-order valence-electron chi connectivity index (χ4n) is 3.09. The zero-order valence-electron chi connectivity index (χ0n) is 12.1. The van der Waals surface area contributed by atoms with E-state index >= 15 is 0 Å². The van der Waals surface area contributed by atoms with Gasteiger partial charge in [0.1, 0.15) is 4.21 Å². The SMILES string of the molecule is Cc1ccc(S(=O)(=O)Nc2ccc3c4c(cccc24)CC3)s1. The molecule has 1 aliphatic rings. The van der Waals surface area contributed by atoms with Crippen LogP contribution >= 0.6 is 11.3 Å². The lowest BCUT2D eigenvalue weighted by atomic mass is 10.0. The lowest BCUT2D eigenvalue weighted by molar-refractivity contribution is 0.603. The molecule has 3 nitrogen and oxygen atoms in total. The number of hydrogen-bond donors (Lipinski definition) is 1. The predicted molar refractivity (Wildman–Crippen MR) is 91.2 cm³/mol. The molecule has 5 heteroatoms. The lowest BCUT2D eigenvalue weighted by Gasteiger charge is -2.11. The molecule has 0 atom stereocenters. The Hall–Kier alpha value is -1.85. The number of anilines is 1. The van der Waals surface area contributed by atoms with Crippen molar-refractivity contribution in [2.45, 2.75) is 24.0 Å². The Bertz CT molecular complexity index is 977. The Labute approximate surface area is 133 Å². The van der Waals surface area contributed by atoms with E-state index in [1.165, 1.54) is 27.8 Å². The Morgan fingerprint density at radius 2 is 1.77 bits per heavy atom. The highest BCUT2D eigenvalue weighted by Gasteiger charge is 2.20. The maximum atomic E-state index is 12.5. The predicted octanol–water partition coefficient (Wildman–Crippen LogP) is 4.11. The molecule has 22 heavy (non-hydrogen) atoms. The molecule has 0 bridgehead atoms. The van der Waals surface area contributed by atoms with Crippen LogP contribution in [0.5, 0.6) is 0 Å². The van der Waals surface area contributed by atoms with Crippen molar-refractivity contribution in [3.63, 3.8) is 0 Å². The zero-order chi connectivity index (χ0) is 15.3. The number of benzene rings is 2. The molecule has 2 aromatic carbocycles. The number of thiophene rings is 1. The van der Waals surface area contributed by atoms with Gasteiger partial charge in [-0.2, -0.15) is 0 Å². The van der Waals surface area contributed by atoms with E-state index in [-0.39, 0.29) is 0 Å². The molecule has 0 radical (unpaired) electrons. The summed E-state index contributed by atoms with van der Waals surface area (Å²) in [5.74, 6) is 0. The molecule has 1 aliphatic carbocycles. The number of hydrogen-bond acceptors (Lipinski definition) is 3. The van der Waals surface area contributed by atoms with Crippen LogP contribution in [0, 0.1) is 6.92 Å². The van der Waals surface area contributed by atoms with Crippen LogP contribution in [0.4, 0.5) is 5.69 Å². The minimum atomic E-state index is -3.52. The van der Waals surface area contributed by atoms with Gasteiger partial charge in [-0.15, -0.1) is 11.3 Å². The van der Waals surface area contributed by atoms with Gasteiger partial charge < -0.3 is 0 Å². The number of sulfonamides is 1. The van der Waals surface area contributed by atoms with Gasteiger partial charge in [0.25, 0.3) is 10.0 Å². The third-order valence-electron chi connectivity index (χ3n) is 4.10. The summed E-state index contributed by atoms with van der Waals surface area (Å²) >= 11 is 1.29. The third-order valence-corrected chi connectivity index (χ3v) is 6.96. The van der Waals surface area contributed by atoms with Gasteiger partial charge >= 0.3 is 0 Å². The van der Waals surface area contributed by atoms with Crippen LogP contribution in [0.3, 0.4) is 0 Å². The highest BCUT2D eigenvalue weighted by molar-refractivity contribution is 7.94. The Morgan fingerprint density at radius 1 is 1.00 bits per heavy atom. The molecular formula is C17H15NO2S2. The molecule has 0 saturated heterocycles. The normalized spacial score (nSPS) is 13.7. The van der Waals surface area contributed by atoms with E-state index in [1.807, 2.05) is 37.3 Å². The standard InChI is InChI=1S/C17H15NO2S2/c1-11-5-10-16(21-11)22(19,20)18-15-9-8-13-7-6-12-3-2-4-14(15)17(12)13/h2-5,8-10,18H,6-7H2,1H3. The van der Waals surface area contributed by atoms with Gasteiger partial charge in [-0.1, -0.05) is 24.3 Å². The van der Waals surface area contributed by atoms with Crippen molar-refractivity contribution < 1.29 is 8.42 Å². The first-order valence-corrected chi connectivity index (χ1v) is 9.47. The van der Waals surface area contributed by atoms with E-state index in [1.54, 1.807) is 6.07 Å². The maximum Gasteiger partial charge on any atom is 0.271 e. The minimum Gasteiger partial charge on any atom is -0.278 e. The quantitative estimate of drug-likeness (QED) is 0.786. The number of aryl methyl sites for hydroxylation is 3. The van der Waals surface area contributed by atoms with E-state index in [4.69, 9.17) is 0 Å². The largest absolute Gasteiger partial charge is 0.278 e. The average Bonchev–Trinajstić information content (AvgIpc) is 3.10. The van der Waals surface area contributed by atoms with E-state index in [9.17, 15) is 8.42 Å². The summed E-state index contributed by atoms with van der Waals surface area (Å²) < 4.78 is 28.2. The fraction of sp³-hybridized carbons (Fsp3) is 0.176. The Kier molecular flexibility index (Phi) is 3.03. The first-order chi connectivity index (χ1) is 10.5. The average molecular weight is 329 g/mol. The lowest BCUT2D eigenvalue weighted by Crippen LogP contribution is -2.11. The van der Waals surface area contributed by atoms with Crippen LogP contribution in [-0.4, -0.2) is 8.42 Å². The second-order valence-electron chi connectivity index (χ2n) is 5.58. The molecule has 1 N–H and O–H groups in total. The number of rotatable bonds is 3. The molecule has 112 valence electrons. The van der Waals surface area contributed by atoms with Crippen LogP contribution in [0.2, 0.25) is 0 Å². The van der Waals surface area contributed by atoms with Crippen molar-refractivity contribution in [3.8, 4) is 0 Å². The van der Waals surface area contributed by atoms with Gasteiger partial charge in [0.15, 0.2) is 0 Å². The van der Waals surface area contributed by atoms with Crippen molar-refractivity contribution in [1.29, 1.82) is 0 Å². The molecule has 3 aromatic rings. The molecule has 0 amide bonds. The summed E-state index contributed by atoms with van der Waals surface area (Å²) in [4.78, 5) is 0.987. The zero-order valence-corrected chi connectivity index (χ0v) is 13.7. The minimum absolute atomic E-state index is 0.355. The maximum absolute atomic E-state index is 12.5. The molecule has 0 unspecified atom stereocenters. The molecule has 0 spiro atoms. The molecule has 1 aromatic heterocycles. The van der Waals surface area contributed by atoms with Gasteiger partial charge in [-0.05, 0) is 54.5 Å². The van der Waals surface area contributed by atoms with Gasteiger partial charge in [0.2, 0.25) is 0 Å². The van der Waals surface area contributed by atoms with E-state index in [0.717, 1.165) is 23.1 Å². The summed E-state index contributed by atoms with van der Waals surface area (Å²) in [5, 5.41) is 2.20. The first kappa shape index (κ1) is 13.8. The van der Waals surface area contributed by atoms with Crippen LogP contribution in [0.1, 0.15) is 16.0 Å². The second kappa shape index (κ2) is 4.83. The summed E-state index contributed by atoms with van der Waals surface area (Å²) in [6, 6.07) is 13.5. The van der Waals surface area contributed by atoms with Gasteiger partial charge in [0, 0.05) is 10.3 Å². The van der Waals surface area contributed by atoms with Crippen molar-refractivity contribution in [2.75, 3.05) is 4.72 Å². The molecule has 0 saturated carbocycles. The first-order valence-electron chi connectivity index (χ1n) is 7.17. The topological polar surface area (TPSA) is 46.2 Å². The highest BCUT2D eigenvalue weighted by atomic mass is 32.2. The van der Waals surface area contributed by atoms with Crippen LogP contribution in [0.15, 0.2) is 46.7 Å². The highest BCUT2D eigenvalue weighted by Crippen LogP contribution is 2.36. The second-order valence-corrected chi connectivity index (χ2v) is 8.78. The van der Waals surface area contributed by atoms with Crippen LogP contribution in [0.25, 0.3) is 10.8 Å². The van der Waals surface area contributed by atoms with Crippen molar-refractivity contribution in [2.24, 2.45) is 0 Å². The fourth-order valence-corrected chi connectivity index (χ4v) is 5.45. The Morgan fingerprint density at radius 3 is 2.50 bits per heavy atom. The molecule has 4 rings (SSSR count). The van der Waals surface area contributed by atoms with Crippen molar-refractivity contribution in [1.82, 2.24) is 0 Å². The van der Waals surface area contributed by atoms with Crippen LogP contribution in [-0.2, 0) is 22.9 Å². The number of nitrogens with one attached hydrogen (secondary N) is 1. The summed E-state index contributed by atoms with van der Waals surface area (Å²) in [7, 11) is -3.52. The smallest absolute Gasteiger partial charge is 0.271 e. The Balaban J connectivity index is 1.83. The summed E-state index contributed by atoms with van der Waals surface area (Å²) in [6.07, 6.45) is 2.07.